The number of carbonyl (C=O) groups excluding carboxylic acids is 1. The molecule has 2 N–H and O–H groups in total. The first-order valence-electron chi connectivity index (χ1n) is 6.18. The summed E-state index contributed by atoms with van der Waals surface area (Å²) in [4.78, 5) is 22.5. The van der Waals surface area contributed by atoms with Crippen molar-refractivity contribution in [3.63, 3.8) is 0 Å². The third-order valence-electron chi connectivity index (χ3n) is 2.92. The van der Waals surface area contributed by atoms with Crippen LogP contribution in [-0.2, 0) is 16.0 Å². The number of rotatable bonds is 6. The van der Waals surface area contributed by atoms with Crippen LogP contribution in [0.3, 0.4) is 0 Å². The topological polar surface area (TPSA) is 66.4 Å². The Morgan fingerprint density at radius 2 is 1.83 bits per heavy atom. The average Bonchev–Trinajstić information content (AvgIpc) is 2.36. The molecule has 0 aliphatic heterocycles. The van der Waals surface area contributed by atoms with Crippen LogP contribution in [0.2, 0.25) is 0 Å². The first-order valence-corrected chi connectivity index (χ1v) is 6.18. The molecule has 0 aromatic heterocycles. The van der Waals surface area contributed by atoms with Crippen molar-refractivity contribution in [2.45, 2.75) is 33.1 Å². The van der Waals surface area contributed by atoms with Gasteiger partial charge in [-0.25, -0.2) is 0 Å². The Morgan fingerprint density at radius 3 is 2.28 bits per heavy atom. The van der Waals surface area contributed by atoms with Crippen LogP contribution < -0.4 is 5.32 Å². The van der Waals surface area contributed by atoms with Crippen molar-refractivity contribution in [2.24, 2.45) is 5.92 Å². The van der Waals surface area contributed by atoms with E-state index in [4.69, 9.17) is 5.11 Å². The molecule has 0 spiro atoms. The fourth-order valence-electron chi connectivity index (χ4n) is 1.67. The summed E-state index contributed by atoms with van der Waals surface area (Å²) in [6.07, 6.45) is 1.42. The minimum atomic E-state index is -0.922. The summed E-state index contributed by atoms with van der Waals surface area (Å²) in [7, 11) is 0. The number of aryl methyl sites for hydroxylation is 1. The van der Waals surface area contributed by atoms with Gasteiger partial charge in [0.2, 0.25) is 5.91 Å². The van der Waals surface area contributed by atoms with Gasteiger partial charge in [-0.2, -0.15) is 0 Å². The number of hydrogen-bond donors (Lipinski definition) is 2. The van der Waals surface area contributed by atoms with Crippen molar-refractivity contribution in [1.82, 2.24) is 0 Å². The Kier molecular flexibility index (Phi) is 5.36. The van der Waals surface area contributed by atoms with E-state index in [1.165, 1.54) is 5.56 Å². The molecule has 0 heterocycles. The normalized spacial score (nSPS) is 11.9. The number of nitrogens with one attached hydrogen (secondary N) is 1. The van der Waals surface area contributed by atoms with Gasteiger partial charge < -0.3 is 10.4 Å². The summed E-state index contributed by atoms with van der Waals surface area (Å²) in [6.45, 7) is 3.83. The molecule has 0 aliphatic carbocycles. The number of aliphatic carboxylic acids is 1. The van der Waals surface area contributed by atoms with Crippen LogP contribution in [0.4, 0.5) is 5.69 Å². The minimum Gasteiger partial charge on any atom is -0.481 e. The summed E-state index contributed by atoms with van der Waals surface area (Å²) in [5.74, 6) is -1.79. The van der Waals surface area contributed by atoms with Gasteiger partial charge in [0.15, 0.2) is 0 Å². The SMILES string of the molecule is CCc1ccc(NC(=O)CC(CC)C(=O)O)cc1. The molecule has 98 valence electrons. The molecule has 0 bridgehead atoms. The van der Waals surface area contributed by atoms with Crippen molar-refractivity contribution in [2.75, 3.05) is 5.32 Å². The standard InChI is InChI=1S/C14H19NO3/c1-3-10-5-7-12(8-6-10)15-13(16)9-11(4-2)14(17)18/h5-8,11H,3-4,9H2,1-2H3,(H,15,16)(H,17,18). The van der Waals surface area contributed by atoms with E-state index in [0.29, 0.717) is 12.1 Å². The average molecular weight is 249 g/mol. The molecule has 1 atom stereocenters. The maximum Gasteiger partial charge on any atom is 0.307 e. The first-order chi connectivity index (χ1) is 8.56. The summed E-state index contributed by atoms with van der Waals surface area (Å²) in [6, 6.07) is 7.56. The highest BCUT2D eigenvalue weighted by Gasteiger charge is 2.18. The number of anilines is 1. The summed E-state index contributed by atoms with van der Waals surface area (Å²) < 4.78 is 0. The predicted octanol–water partition coefficient (Wildman–Crippen LogP) is 2.69. The predicted molar refractivity (Wildman–Crippen MR) is 70.5 cm³/mol. The number of carboxylic acids is 1. The van der Waals surface area contributed by atoms with Gasteiger partial charge in [0.25, 0.3) is 0 Å². The molecule has 0 radical (unpaired) electrons. The molecular formula is C14H19NO3. The van der Waals surface area contributed by atoms with Crippen LogP contribution in [0.1, 0.15) is 32.3 Å². The van der Waals surface area contributed by atoms with Gasteiger partial charge in [-0.1, -0.05) is 26.0 Å². The number of carboxylic acid groups (broad SMARTS) is 1. The zero-order valence-corrected chi connectivity index (χ0v) is 10.8. The Bertz CT molecular complexity index is 412. The fourth-order valence-corrected chi connectivity index (χ4v) is 1.67. The zero-order chi connectivity index (χ0) is 13.5. The van der Waals surface area contributed by atoms with Crippen molar-refractivity contribution in [3.05, 3.63) is 29.8 Å². The maximum absolute atomic E-state index is 11.7. The second-order valence-electron chi connectivity index (χ2n) is 4.25. The minimum absolute atomic E-state index is 0.0152. The van der Waals surface area contributed by atoms with E-state index >= 15 is 0 Å². The lowest BCUT2D eigenvalue weighted by Gasteiger charge is -2.10. The molecule has 18 heavy (non-hydrogen) atoms. The van der Waals surface area contributed by atoms with E-state index in [1.807, 2.05) is 24.3 Å². The second kappa shape index (κ2) is 6.79. The first kappa shape index (κ1) is 14.2. The quantitative estimate of drug-likeness (QED) is 0.814. The van der Waals surface area contributed by atoms with Gasteiger partial charge in [-0.3, -0.25) is 9.59 Å². The number of amides is 1. The summed E-state index contributed by atoms with van der Waals surface area (Å²) >= 11 is 0. The number of carbonyl (C=O) groups is 2. The van der Waals surface area contributed by atoms with E-state index in [-0.39, 0.29) is 12.3 Å². The van der Waals surface area contributed by atoms with Crippen LogP contribution in [0.5, 0.6) is 0 Å². The van der Waals surface area contributed by atoms with Crippen molar-refractivity contribution in [1.29, 1.82) is 0 Å². The van der Waals surface area contributed by atoms with Crippen LogP contribution in [0, 0.1) is 5.92 Å². The smallest absolute Gasteiger partial charge is 0.307 e. The molecule has 0 saturated heterocycles. The Balaban J connectivity index is 2.55. The maximum atomic E-state index is 11.7. The molecule has 1 unspecified atom stereocenters. The highest BCUT2D eigenvalue weighted by Crippen LogP contribution is 2.13. The largest absolute Gasteiger partial charge is 0.481 e. The molecule has 0 fully saturated rings. The van der Waals surface area contributed by atoms with Crippen molar-refractivity contribution < 1.29 is 14.7 Å². The highest BCUT2D eigenvalue weighted by molar-refractivity contribution is 5.93. The van der Waals surface area contributed by atoms with Gasteiger partial charge in [0.05, 0.1) is 5.92 Å². The second-order valence-corrected chi connectivity index (χ2v) is 4.25. The highest BCUT2D eigenvalue weighted by atomic mass is 16.4. The molecule has 1 rings (SSSR count). The van der Waals surface area contributed by atoms with Gasteiger partial charge in [0, 0.05) is 12.1 Å². The molecule has 4 heteroatoms. The number of hydrogen-bond acceptors (Lipinski definition) is 2. The third kappa shape index (κ3) is 4.20. The fraction of sp³-hybridized carbons (Fsp3) is 0.429. The molecule has 0 saturated carbocycles. The van der Waals surface area contributed by atoms with Gasteiger partial charge in [-0.05, 0) is 30.5 Å². The molecule has 0 aliphatic rings. The van der Waals surface area contributed by atoms with Crippen LogP contribution in [0.15, 0.2) is 24.3 Å². The Labute approximate surface area is 107 Å². The van der Waals surface area contributed by atoms with Crippen LogP contribution in [-0.4, -0.2) is 17.0 Å². The Hall–Kier alpha value is -1.84. The molecule has 4 nitrogen and oxygen atoms in total. The molecule has 1 amide bonds. The third-order valence-corrected chi connectivity index (χ3v) is 2.92. The van der Waals surface area contributed by atoms with E-state index in [0.717, 1.165) is 6.42 Å². The van der Waals surface area contributed by atoms with Gasteiger partial charge in [-0.15, -0.1) is 0 Å². The van der Waals surface area contributed by atoms with E-state index < -0.39 is 11.9 Å². The van der Waals surface area contributed by atoms with E-state index in [1.54, 1.807) is 6.92 Å². The Morgan fingerprint density at radius 1 is 1.22 bits per heavy atom. The lowest BCUT2D eigenvalue weighted by atomic mass is 10.0. The van der Waals surface area contributed by atoms with E-state index in [2.05, 4.69) is 12.2 Å². The molecule has 1 aromatic carbocycles. The monoisotopic (exact) mass is 249 g/mol. The van der Waals surface area contributed by atoms with Gasteiger partial charge in [0.1, 0.15) is 0 Å². The van der Waals surface area contributed by atoms with Crippen molar-refractivity contribution >= 4 is 17.6 Å². The van der Waals surface area contributed by atoms with E-state index in [9.17, 15) is 9.59 Å². The van der Waals surface area contributed by atoms with Crippen molar-refractivity contribution in [3.8, 4) is 0 Å². The van der Waals surface area contributed by atoms with Gasteiger partial charge >= 0.3 is 5.97 Å². The summed E-state index contributed by atoms with van der Waals surface area (Å²) in [5.41, 5.74) is 1.91. The number of benzene rings is 1. The molecular weight excluding hydrogens is 230 g/mol. The summed E-state index contributed by atoms with van der Waals surface area (Å²) in [5, 5.41) is 11.6. The lowest BCUT2D eigenvalue weighted by Crippen LogP contribution is -2.21. The molecule has 1 aromatic rings. The lowest BCUT2D eigenvalue weighted by molar-refractivity contribution is -0.143. The zero-order valence-electron chi connectivity index (χ0n) is 10.8. The van der Waals surface area contributed by atoms with Crippen LogP contribution >= 0.6 is 0 Å². The van der Waals surface area contributed by atoms with Crippen LogP contribution in [0.25, 0.3) is 0 Å².